The SMILES string of the molecule is O=S(=O)(Nc1ccccc1NS(=O)(=O)c1ccc2c(c1)OCCO2)c1ccc(F)cc1. The maximum atomic E-state index is 13.1. The van der Waals surface area contributed by atoms with Crippen LogP contribution in [0, 0.1) is 5.82 Å². The van der Waals surface area contributed by atoms with Gasteiger partial charge in [-0.15, -0.1) is 0 Å². The summed E-state index contributed by atoms with van der Waals surface area (Å²) in [6.45, 7) is 0.677. The van der Waals surface area contributed by atoms with Gasteiger partial charge in [-0.25, -0.2) is 21.2 Å². The standard InChI is InChI=1S/C20H17FN2O6S2/c21-14-5-7-15(8-6-14)30(24,25)22-17-3-1-2-4-18(17)23-31(26,27)16-9-10-19-20(13-16)29-12-11-28-19/h1-10,13,22-23H,11-12H2. The molecular formula is C20H17FN2O6S2. The average molecular weight is 464 g/mol. The number of sulfonamides is 2. The van der Waals surface area contributed by atoms with E-state index in [0.717, 1.165) is 24.3 Å². The Morgan fingerprint density at radius 2 is 1.19 bits per heavy atom. The van der Waals surface area contributed by atoms with Crippen LogP contribution in [0.2, 0.25) is 0 Å². The highest BCUT2D eigenvalue weighted by atomic mass is 32.2. The molecule has 0 fully saturated rings. The second-order valence-electron chi connectivity index (χ2n) is 6.52. The van der Waals surface area contributed by atoms with Gasteiger partial charge in [0.2, 0.25) is 0 Å². The van der Waals surface area contributed by atoms with E-state index in [1.165, 1.54) is 30.3 Å². The molecule has 0 radical (unpaired) electrons. The third kappa shape index (κ3) is 4.57. The molecule has 0 spiro atoms. The quantitative estimate of drug-likeness (QED) is 0.580. The summed E-state index contributed by atoms with van der Waals surface area (Å²) < 4.78 is 79.6. The van der Waals surface area contributed by atoms with Crippen LogP contribution in [0.15, 0.2) is 76.5 Å². The summed E-state index contributed by atoms with van der Waals surface area (Å²) in [7, 11) is -8.14. The minimum atomic E-state index is -4.07. The van der Waals surface area contributed by atoms with E-state index < -0.39 is 25.9 Å². The van der Waals surface area contributed by atoms with Gasteiger partial charge in [-0.2, -0.15) is 0 Å². The highest BCUT2D eigenvalue weighted by Gasteiger charge is 2.22. The van der Waals surface area contributed by atoms with Crippen molar-refractivity contribution in [2.24, 2.45) is 0 Å². The van der Waals surface area contributed by atoms with E-state index in [4.69, 9.17) is 9.47 Å². The summed E-state index contributed by atoms with van der Waals surface area (Å²) in [5.74, 6) is 0.170. The number of anilines is 2. The van der Waals surface area contributed by atoms with E-state index in [1.807, 2.05) is 0 Å². The Morgan fingerprint density at radius 3 is 1.81 bits per heavy atom. The van der Waals surface area contributed by atoms with Gasteiger partial charge in [0.05, 0.1) is 21.2 Å². The Labute approximate surface area is 178 Å². The van der Waals surface area contributed by atoms with Crippen LogP contribution in [0.1, 0.15) is 0 Å². The van der Waals surface area contributed by atoms with E-state index in [1.54, 1.807) is 12.1 Å². The highest BCUT2D eigenvalue weighted by Crippen LogP contribution is 2.33. The second-order valence-corrected chi connectivity index (χ2v) is 9.88. The molecular weight excluding hydrogens is 447 g/mol. The van der Waals surface area contributed by atoms with Gasteiger partial charge in [-0.3, -0.25) is 9.44 Å². The molecule has 8 nitrogen and oxygen atoms in total. The Hall–Kier alpha value is -3.31. The fraction of sp³-hybridized carbons (Fsp3) is 0.100. The molecule has 3 aromatic carbocycles. The summed E-state index contributed by atoms with van der Waals surface area (Å²) in [4.78, 5) is -0.244. The molecule has 0 aromatic heterocycles. The van der Waals surface area contributed by atoms with E-state index in [9.17, 15) is 21.2 Å². The molecule has 11 heteroatoms. The van der Waals surface area contributed by atoms with E-state index in [-0.39, 0.29) is 21.2 Å². The minimum absolute atomic E-state index is 0.00735. The van der Waals surface area contributed by atoms with Crippen LogP contribution < -0.4 is 18.9 Å². The lowest BCUT2D eigenvalue weighted by Crippen LogP contribution is -2.19. The van der Waals surface area contributed by atoms with Crippen LogP contribution in [-0.4, -0.2) is 30.0 Å². The van der Waals surface area contributed by atoms with Crippen molar-refractivity contribution in [1.29, 1.82) is 0 Å². The van der Waals surface area contributed by atoms with Gasteiger partial charge in [0.1, 0.15) is 19.0 Å². The van der Waals surface area contributed by atoms with Gasteiger partial charge in [-0.1, -0.05) is 12.1 Å². The molecule has 0 aliphatic carbocycles. The molecule has 1 heterocycles. The van der Waals surface area contributed by atoms with Crippen LogP contribution >= 0.6 is 0 Å². The molecule has 0 amide bonds. The summed E-state index contributed by atoms with van der Waals surface area (Å²) in [6, 6.07) is 14.4. The largest absolute Gasteiger partial charge is 0.486 e. The van der Waals surface area contributed by atoms with Gasteiger partial charge in [-0.05, 0) is 48.5 Å². The molecule has 0 saturated heterocycles. The van der Waals surface area contributed by atoms with Crippen LogP contribution in [0.4, 0.5) is 15.8 Å². The van der Waals surface area contributed by atoms with Crippen LogP contribution in [0.25, 0.3) is 0 Å². The number of rotatable bonds is 6. The van der Waals surface area contributed by atoms with Crippen molar-refractivity contribution in [3.05, 3.63) is 72.5 Å². The fourth-order valence-electron chi connectivity index (χ4n) is 2.87. The summed E-state index contributed by atoms with van der Waals surface area (Å²) in [5.41, 5.74) is 0.0241. The van der Waals surface area contributed by atoms with Crippen molar-refractivity contribution < 1.29 is 30.7 Å². The van der Waals surface area contributed by atoms with Gasteiger partial charge in [0.25, 0.3) is 20.0 Å². The smallest absolute Gasteiger partial charge is 0.262 e. The third-order valence-corrected chi connectivity index (χ3v) is 7.11. The van der Waals surface area contributed by atoms with Gasteiger partial charge in [0, 0.05) is 6.07 Å². The zero-order valence-electron chi connectivity index (χ0n) is 15.9. The Balaban J connectivity index is 1.62. The zero-order chi connectivity index (χ0) is 22.1. The normalized spacial score (nSPS) is 13.5. The number of hydrogen-bond donors (Lipinski definition) is 2. The minimum Gasteiger partial charge on any atom is -0.486 e. The number of nitrogens with one attached hydrogen (secondary N) is 2. The molecule has 0 saturated carbocycles. The molecule has 1 aliphatic heterocycles. The number of benzene rings is 3. The average Bonchev–Trinajstić information content (AvgIpc) is 2.75. The number of para-hydroxylation sites is 2. The van der Waals surface area contributed by atoms with Gasteiger partial charge in [0.15, 0.2) is 11.5 Å². The monoisotopic (exact) mass is 464 g/mol. The lowest BCUT2D eigenvalue weighted by Gasteiger charge is -2.19. The van der Waals surface area contributed by atoms with Crippen molar-refractivity contribution in [2.45, 2.75) is 9.79 Å². The zero-order valence-corrected chi connectivity index (χ0v) is 17.5. The molecule has 0 unspecified atom stereocenters. The maximum absolute atomic E-state index is 13.1. The van der Waals surface area contributed by atoms with Crippen LogP contribution in [0.5, 0.6) is 11.5 Å². The molecule has 0 bridgehead atoms. The van der Waals surface area contributed by atoms with Gasteiger partial charge >= 0.3 is 0 Å². The number of halogens is 1. The number of fused-ring (bicyclic) bond motifs is 1. The first-order chi connectivity index (χ1) is 14.7. The van der Waals surface area contributed by atoms with Gasteiger partial charge < -0.3 is 9.47 Å². The molecule has 0 atom stereocenters. The fourth-order valence-corrected chi connectivity index (χ4v) is 5.05. The Bertz CT molecular complexity index is 1330. The highest BCUT2D eigenvalue weighted by molar-refractivity contribution is 7.93. The van der Waals surface area contributed by atoms with Crippen molar-refractivity contribution in [1.82, 2.24) is 0 Å². The lowest BCUT2D eigenvalue weighted by molar-refractivity contribution is 0.171. The molecule has 31 heavy (non-hydrogen) atoms. The maximum Gasteiger partial charge on any atom is 0.262 e. The summed E-state index contributed by atoms with van der Waals surface area (Å²) in [6.07, 6.45) is 0. The topological polar surface area (TPSA) is 111 Å². The van der Waals surface area contributed by atoms with Crippen molar-refractivity contribution in [3.63, 3.8) is 0 Å². The molecule has 3 aromatic rings. The van der Waals surface area contributed by atoms with E-state index in [2.05, 4.69) is 9.44 Å². The lowest BCUT2D eigenvalue weighted by atomic mass is 10.3. The first kappa shape index (κ1) is 20.9. The van der Waals surface area contributed by atoms with Crippen molar-refractivity contribution in [3.8, 4) is 11.5 Å². The number of ether oxygens (including phenoxy) is 2. The van der Waals surface area contributed by atoms with Crippen molar-refractivity contribution >= 4 is 31.4 Å². The predicted octanol–water partition coefficient (Wildman–Crippen LogP) is 3.20. The van der Waals surface area contributed by atoms with E-state index in [0.29, 0.717) is 24.7 Å². The molecule has 162 valence electrons. The van der Waals surface area contributed by atoms with E-state index >= 15 is 0 Å². The Kier molecular flexibility index (Phi) is 5.46. The first-order valence-electron chi connectivity index (χ1n) is 9.04. The number of hydrogen-bond acceptors (Lipinski definition) is 6. The molecule has 2 N–H and O–H groups in total. The summed E-state index contributed by atoms with van der Waals surface area (Å²) in [5, 5.41) is 0. The first-order valence-corrected chi connectivity index (χ1v) is 12.0. The van der Waals surface area contributed by atoms with Crippen molar-refractivity contribution in [2.75, 3.05) is 22.7 Å². The molecule has 1 aliphatic rings. The third-order valence-electron chi connectivity index (χ3n) is 4.36. The molecule has 4 rings (SSSR count). The predicted molar refractivity (Wildman–Crippen MR) is 112 cm³/mol. The Morgan fingerprint density at radius 1 is 0.677 bits per heavy atom. The van der Waals surface area contributed by atoms with Crippen LogP contribution in [0.3, 0.4) is 0 Å². The summed E-state index contributed by atoms with van der Waals surface area (Å²) >= 11 is 0. The second kappa shape index (κ2) is 8.08. The van der Waals surface area contributed by atoms with Crippen LogP contribution in [-0.2, 0) is 20.0 Å².